The minimum Gasteiger partial charge on any atom is -0.493 e. The number of carbonyl (C=O) groups is 1. The zero-order valence-corrected chi connectivity index (χ0v) is 16.4. The maximum atomic E-state index is 12.5. The number of hydrogen-bond donors (Lipinski definition) is 1. The molecular formula is C21H22N2O3S. The number of thiazole rings is 1. The van der Waals surface area contributed by atoms with E-state index in [2.05, 4.69) is 39.9 Å². The summed E-state index contributed by atoms with van der Waals surface area (Å²) in [7, 11) is 3.08. The average molecular weight is 382 g/mol. The number of benzene rings is 2. The summed E-state index contributed by atoms with van der Waals surface area (Å²) in [5.41, 5.74) is 3.73. The van der Waals surface area contributed by atoms with Crippen LogP contribution in [0.3, 0.4) is 0 Å². The summed E-state index contributed by atoms with van der Waals surface area (Å²) in [5, 5.41) is 6.06. The number of amides is 1. The first kappa shape index (κ1) is 18.9. The molecule has 1 N–H and O–H groups in total. The predicted molar refractivity (Wildman–Crippen MR) is 108 cm³/mol. The molecule has 0 aliphatic carbocycles. The van der Waals surface area contributed by atoms with E-state index in [-0.39, 0.29) is 5.91 Å². The van der Waals surface area contributed by atoms with E-state index >= 15 is 0 Å². The number of nitrogens with zero attached hydrogens (tertiary/aromatic N) is 1. The van der Waals surface area contributed by atoms with Gasteiger partial charge in [0.25, 0.3) is 5.91 Å². The van der Waals surface area contributed by atoms with Crippen molar-refractivity contribution in [3.63, 3.8) is 0 Å². The monoisotopic (exact) mass is 382 g/mol. The van der Waals surface area contributed by atoms with E-state index in [9.17, 15) is 4.79 Å². The summed E-state index contributed by atoms with van der Waals surface area (Å²) < 4.78 is 10.6. The molecule has 0 atom stereocenters. The van der Waals surface area contributed by atoms with Crippen molar-refractivity contribution >= 4 is 17.2 Å². The number of nitrogens with one attached hydrogen (secondary N) is 1. The molecule has 6 heteroatoms. The van der Waals surface area contributed by atoms with Crippen LogP contribution in [0.2, 0.25) is 0 Å². The Bertz CT molecular complexity index is 919. The van der Waals surface area contributed by atoms with Crippen molar-refractivity contribution in [1.29, 1.82) is 0 Å². The van der Waals surface area contributed by atoms with E-state index in [1.807, 2.05) is 6.92 Å². The van der Waals surface area contributed by atoms with Gasteiger partial charge in [-0.15, -0.1) is 11.3 Å². The van der Waals surface area contributed by atoms with Gasteiger partial charge < -0.3 is 14.8 Å². The lowest BCUT2D eigenvalue weighted by Gasteiger charge is -2.12. The topological polar surface area (TPSA) is 60.5 Å². The SMILES string of the molecule is COc1cccc(C(=O)NCCc2ccc(-c3csc(C)n3)cc2)c1OC. The van der Waals surface area contributed by atoms with Crippen molar-refractivity contribution in [2.45, 2.75) is 13.3 Å². The molecule has 0 fully saturated rings. The van der Waals surface area contributed by atoms with Gasteiger partial charge >= 0.3 is 0 Å². The van der Waals surface area contributed by atoms with Crippen LogP contribution in [0.1, 0.15) is 20.9 Å². The largest absolute Gasteiger partial charge is 0.493 e. The van der Waals surface area contributed by atoms with Crippen LogP contribution < -0.4 is 14.8 Å². The Hall–Kier alpha value is -2.86. The van der Waals surface area contributed by atoms with E-state index in [4.69, 9.17) is 9.47 Å². The minimum absolute atomic E-state index is 0.180. The van der Waals surface area contributed by atoms with Crippen LogP contribution in [0.15, 0.2) is 47.8 Å². The van der Waals surface area contributed by atoms with Gasteiger partial charge in [-0.05, 0) is 31.0 Å². The van der Waals surface area contributed by atoms with Crippen molar-refractivity contribution in [2.75, 3.05) is 20.8 Å². The zero-order chi connectivity index (χ0) is 19.2. The van der Waals surface area contributed by atoms with Crippen LogP contribution in [0.25, 0.3) is 11.3 Å². The molecule has 2 aromatic carbocycles. The molecule has 27 heavy (non-hydrogen) atoms. The number of methoxy groups -OCH3 is 2. The van der Waals surface area contributed by atoms with Gasteiger partial charge in [-0.1, -0.05) is 30.3 Å². The lowest BCUT2D eigenvalue weighted by molar-refractivity contribution is 0.0950. The Kier molecular flexibility index (Phi) is 6.08. The molecule has 1 amide bonds. The third-order valence-electron chi connectivity index (χ3n) is 4.22. The molecule has 1 aromatic heterocycles. The average Bonchev–Trinajstić information content (AvgIpc) is 3.14. The number of ether oxygens (including phenoxy) is 2. The van der Waals surface area contributed by atoms with Crippen LogP contribution in [0, 0.1) is 6.92 Å². The van der Waals surface area contributed by atoms with Crippen LogP contribution in [0.4, 0.5) is 0 Å². The highest BCUT2D eigenvalue weighted by Crippen LogP contribution is 2.30. The molecule has 0 saturated heterocycles. The summed E-state index contributed by atoms with van der Waals surface area (Å²) in [6, 6.07) is 13.5. The zero-order valence-electron chi connectivity index (χ0n) is 15.6. The number of aryl methyl sites for hydroxylation is 1. The second kappa shape index (κ2) is 8.68. The summed E-state index contributed by atoms with van der Waals surface area (Å²) in [4.78, 5) is 17.0. The Morgan fingerprint density at radius 1 is 1.11 bits per heavy atom. The Balaban J connectivity index is 1.59. The molecular weight excluding hydrogens is 360 g/mol. The maximum absolute atomic E-state index is 12.5. The van der Waals surface area contributed by atoms with Crippen molar-refractivity contribution in [3.8, 4) is 22.8 Å². The molecule has 3 aromatic rings. The number of rotatable bonds is 7. The fourth-order valence-corrected chi connectivity index (χ4v) is 3.44. The quantitative estimate of drug-likeness (QED) is 0.668. The molecule has 3 rings (SSSR count). The van der Waals surface area contributed by atoms with E-state index in [0.717, 1.165) is 28.2 Å². The fraction of sp³-hybridized carbons (Fsp3) is 0.238. The van der Waals surface area contributed by atoms with Crippen LogP contribution in [-0.4, -0.2) is 31.7 Å². The van der Waals surface area contributed by atoms with Gasteiger partial charge in [0.15, 0.2) is 11.5 Å². The molecule has 140 valence electrons. The summed E-state index contributed by atoms with van der Waals surface area (Å²) in [6.07, 6.45) is 0.744. The molecule has 1 heterocycles. The van der Waals surface area contributed by atoms with Gasteiger partial charge in [0.1, 0.15) is 0 Å². The van der Waals surface area contributed by atoms with Crippen molar-refractivity contribution in [1.82, 2.24) is 10.3 Å². The van der Waals surface area contributed by atoms with E-state index < -0.39 is 0 Å². The number of aromatic nitrogens is 1. The molecule has 0 aliphatic heterocycles. The van der Waals surface area contributed by atoms with Gasteiger partial charge in [0.05, 0.1) is 30.5 Å². The Morgan fingerprint density at radius 3 is 2.52 bits per heavy atom. The standard InChI is InChI=1S/C21H22N2O3S/c1-14-23-18(13-27-14)16-9-7-15(8-10-16)11-12-22-21(24)17-5-4-6-19(25-2)20(17)26-3/h4-10,13H,11-12H2,1-3H3,(H,22,24). The van der Waals surface area contributed by atoms with Crippen molar-refractivity contribution < 1.29 is 14.3 Å². The smallest absolute Gasteiger partial charge is 0.255 e. The molecule has 0 unspecified atom stereocenters. The molecule has 0 aliphatic rings. The first-order chi connectivity index (χ1) is 13.1. The van der Waals surface area contributed by atoms with Crippen molar-refractivity contribution in [3.05, 3.63) is 64.0 Å². The number of hydrogen-bond acceptors (Lipinski definition) is 5. The van der Waals surface area contributed by atoms with E-state index in [1.54, 1.807) is 36.6 Å². The number of para-hydroxylation sites is 1. The van der Waals surface area contributed by atoms with E-state index in [0.29, 0.717) is 23.6 Å². The highest BCUT2D eigenvalue weighted by molar-refractivity contribution is 7.09. The number of carbonyl (C=O) groups excluding carboxylic acids is 1. The first-order valence-corrected chi connectivity index (χ1v) is 9.51. The minimum atomic E-state index is -0.180. The summed E-state index contributed by atoms with van der Waals surface area (Å²) in [5.74, 6) is 0.804. The maximum Gasteiger partial charge on any atom is 0.255 e. The Labute approximate surface area is 163 Å². The van der Waals surface area contributed by atoms with Gasteiger partial charge in [-0.2, -0.15) is 0 Å². The van der Waals surface area contributed by atoms with Gasteiger partial charge in [-0.25, -0.2) is 4.98 Å². The van der Waals surface area contributed by atoms with E-state index in [1.165, 1.54) is 7.11 Å². The molecule has 0 spiro atoms. The lowest BCUT2D eigenvalue weighted by atomic mass is 10.1. The molecule has 0 radical (unpaired) electrons. The van der Waals surface area contributed by atoms with Gasteiger partial charge in [-0.3, -0.25) is 4.79 Å². The highest BCUT2D eigenvalue weighted by Gasteiger charge is 2.15. The Morgan fingerprint density at radius 2 is 1.89 bits per heavy atom. The molecule has 5 nitrogen and oxygen atoms in total. The van der Waals surface area contributed by atoms with Crippen LogP contribution in [0.5, 0.6) is 11.5 Å². The lowest BCUT2D eigenvalue weighted by Crippen LogP contribution is -2.26. The molecule has 0 bridgehead atoms. The highest BCUT2D eigenvalue weighted by atomic mass is 32.1. The van der Waals surface area contributed by atoms with Crippen LogP contribution >= 0.6 is 11.3 Å². The van der Waals surface area contributed by atoms with Crippen molar-refractivity contribution in [2.24, 2.45) is 0 Å². The second-order valence-electron chi connectivity index (χ2n) is 6.00. The molecule has 0 saturated carbocycles. The third kappa shape index (κ3) is 4.46. The fourth-order valence-electron chi connectivity index (χ4n) is 2.82. The first-order valence-electron chi connectivity index (χ1n) is 8.63. The predicted octanol–water partition coefficient (Wildman–Crippen LogP) is 4.11. The van der Waals surface area contributed by atoms with Gasteiger partial charge in [0.2, 0.25) is 0 Å². The van der Waals surface area contributed by atoms with Crippen LogP contribution in [-0.2, 0) is 6.42 Å². The summed E-state index contributed by atoms with van der Waals surface area (Å²) >= 11 is 1.65. The van der Waals surface area contributed by atoms with Gasteiger partial charge in [0, 0.05) is 17.5 Å². The normalized spacial score (nSPS) is 10.5. The second-order valence-corrected chi connectivity index (χ2v) is 7.06. The summed E-state index contributed by atoms with van der Waals surface area (Å²) in [6.45, 7) is 2.54. The third-order valence-corrected chi connectivity index (χ3v) is 4.99.